The number of thiazole rings is 1. The highest BCUT2D eigenvalue weighted by molar-refractivity contribution is 8.15. The summed E-state index contributed by atoms with van der Waals surface area (Å²) in [6, 6.07) is 5.19. The summed E-state index contributed by atoms with van der Waals surface area (Å²) in [6.07, 6.45) is 0.975. The first-order chi connectivity index (χ1) is 11.5. The van der Waals surface area contributed by atoms with Crippen LogP contribution in [0.5, 0.6) is 5.75 Å². The molecule has 1 atom stereocenters. The third-order valence-corrected chi connectivity index (χ3v) is 5.71. The van der Waals surface area contributed by atoms with Gasteiger partial charge in [0.1, 0.15) is 15.8 Å². The molecule has 2 aromatic rings. The van der Waals surface area contributed by atoms with Gasteiger partial charge in [0, 0.05) is 12.3 Å². The second-order valence-electron chi connectivity index (χ2n) is 5.75. The summed E-state index contributed by atoms with van der Waals surface area (Å²) in [5.74, 6) is 0.425. The van der Waals surface area contributed by atoms with Crippen LogP contribution in [-0.2, 0) is 4.79 Å². The Balaban J connectivity index is 1.70. The molecule has 0 radical (unpaired) electrons. The number of thioether (sulfide) groups is 1. The van der Waals surface area contributed by atoms with Gasteiger partial charge in [0.05, 0.1) is 16.8 Å². The maximum atomic E-state index is 11.0. The van der Waals surface area contributed by atoms with Gasteiger partial charge in [-0.3, -0.25) is 4.99 Å². The molecule has 1 aromatic heterocycles. The Hall–Kier alpha value is -1.64. The zero-order chi connectivity index (χ0) is 17.1. The minimum Gasteiger partial charge on any atom is -0.493 e. The average Bonchev–Trinajstić information content (AvgIpc) is 3.17. The Morgan fingerprint density at radius 2 is 2.29 bits per heavy atom. The summed E-state index contributed by atoms with van der Waals surface area (Å²) >= 11 is 2.97. The van der Waals surface area contributed by atoms with Crippen molar-refractivity contribution in [1.82, 2.24) is 9.88 Å². The lowest BCUT2D eigenvalue weighted by atomic mass is 10.3. The van der Waals surface area contributed by atoms with Crippen LogP contribution in [0.15, 0.2) is 23.2 Å². The first kappa shape index (κ1) is 17.2. The highest BCUT2D eigenvalue weighted by Crippen LogP contribution is 2.31. The molecule has 1 N–H and O–H groups in total. The van der Waals surface area contributed by atoms with E-state index >= 15 is 0 Å². The fourth-order valence-corrected chi connectivity index (χ4v) is 4.37. The molecule has 1 aromatic carbocycles. The van der Waals surface area contributed by atoms with Crippen molar-refractivity contribution in [1.29, 1.82) is 0 Å². The molecule has 0 amide bonds. The standard InChI is InChI=1S/C16H19N3O3S2/c1-19(2)6-3-7-22-10-4-5-11-13(8-10)24-15(17-11)14-18-12(9-23-14)16(20)21/h4-5,8,12H,3,6-7,9H2,1-2H3,(H,20,21)/t12-/m1/s1. The van der Waals surface area contributed by atoms with Crippen molar-refractivity contribution in [3.63, 3.8) is 0 Å². The first-order valence-electron chi connectivity index (χ1n) is 7.65. The molecule has 1 aliphatic rings. The number of aliphatic imine (C=N–C) groups is 1. The lowest BCUT2D eigenvalue weighted by Crippen LogP contribution is -2.17. The van der Waals surface area contributed by atoms with Crippen molar-refractivity contribution < 1.29 is 14.6 Å². The second-order valence-corrected chi connectivity index (χ2v) is 7.79. The Morgan fingerprint density at radius 3 is 3.00 bits per heavy atom. The fraction of sp³-hybridized carbons (Fsp3) is 0.438. The predicted octanol–water partition coefficient (Wildman–Crippen LogP) is 2.57. The molecule has 0 saturated carbocycles. The number of carbonyl (C=O) groups is 1. The van der Waals surface area contributed by atoms with Gasteiger partial charge < -0.3 is 14.7 Å². The van der Waals surface area contributed by atoms with E-state index in [2.05, 4.69) is 14.9 Å². The monoisotopic (exact) mass is 365 g/mol. The molecular weight excluding hydrogens is 346 g/mol. The van der Waals surface area contributed by atoms with Gasteiger partial charge in [-0.05, 0) is 38.7 Å². The Bertz CT molecular complexity index is 773. The second kappa shape index (κ2) is 7.50. The van der Waals surface area contributed by atoms with Crippen molar-refractivity contribution in [3.8, 4) is 5.75 Å². The van der Waals surface area contributed by atoms with Crippen molar-refractivity contribution in [2.24, 2.45) is 4.99 Å². The van der Waals surface area contributed by atoms with Crippen molar-refractivity contribution in [3.05, 3.63) is 23.2 Å². The molecule has 0 saturated heterocycles. The first-order valence-corrected chi connectivity index (χ1v) is 9.45. The number of fused-ring (bicyclic) bond motifs is 1. The number of rotatable bonds is 7. The molecule has 0 fully saturated rings. The predicted molar refractivity (Wildman–Crippen MR) is 98.7 cm³/mol. The van der Waals surface area contributed by atoms with E-state index < -0.39 is 12.0 Å². The number of ether oxygens (including phenoxy) is 1. The largest absolute Gasteiger partial charge is 0.493 e. The van der Waals surface area contributed by atoms with Crippen LogP contribution in [0.1, 0.15) is 11.4 Å². The van der Waals surface area contributed by atoms with Crippen LogP contribution < -0.4 is 4.74 Å². The summed E-state index contributed by atoms with van der Waals surface area (Å²) in [5.41, 5.74) is 0.887. The molecule has 128 valence electrons. The van der Waals surface area contributed by atoms with E-state index in [4.69, 9.17) is 9.84 Å². The van der Waals surface area contributed by atoms with Crippen molar-refractivity contribution >= 4 is 44.3 Å². The maximum Gasteiger partial charge on any atom is 0.329 e. The van der Waals surface area contributed by atoms with Crippen LogP contribution in [0.3, 0.4) is 0 Å². The number of aromatic nitrogens is 1. The van der Waals surface area contributed by atoms with Gasteiger partial charge in [-0.25, -0.2) is 9.78 Å². The van der Waals surface area contributed by atoms with E-state index in [-0.39, 0.29) is 0 Å². The number of hydrogen-bond acceptors (Lipinski definition) is 7. The van der Waals surface area contributed by atoms with Crippen LogP contribution in [0.2, 0.25) is 0 Å². The number of carboxylic acid groups (broad SMARTS) is 1. The third kappa shape index (κ3) is 4.06. The zero-order valence-electron chi connectivity index (χ0n) is 13.6. The third-order valence-electron chi connectivity index (χ3n) is 3.50. The summed E-state index contributed by atoms with van der Waals surface area (Å²) in [7, 11) is 4.09. The van der Waals surface area contributed by atoms with E-state index in [1.807, 2.05) is 32.3 Å². The number of carboxylic acids is 1. The van der Waals surface area contributed by atoms with Gasteiger partial charge in [0.2, 0.25) is 0 Å². The van der Waals surface area contributed by atoms with E-state index in [1.54, 1.807) is 0 Å². The topological polar surface area (TPSA) is 75.0 Å². The van der Waals surface area contributed by atoms with Crippen LogP contribution in [0.25, 0.3) is 10.2 Å². The minimum absolute atomic E-state index is 0.473. The number of benzene rings is 1. The van der Waals surface area contributed by atoms with Gasteiger partial charge in [0.25, 0.3) is 0 Å². The molecular formula is C16H19N3O3S2. The SMILES string of the molecule is CN(C)CCCOc1ccc2nc(C3=N[C@@H](C(=O)O)CS3)sc2c1. The zero-order valence-corrected chi connectivity index (χ0v) is 15.2. The molecule has 6 nitrogen and oxygen atoms in total. The Labute approximate surface area is 148 Å². The normalized spacial score (nSPS) is 17.5. The summed E-state index contributed by atoms with van der Waals surface area (Å²) < 4.78 is 6.81. The lowest BCUT2D eigenvalue weighted by molar-refractivity contribution is -0.137. The molecule has 0 bridgehead atoms. The van der Waals surface area contributed by atoms with Gasteiger partial charge in [-0.15, -0.1) is 23.1 Å². The van der Waals surface area contributed by atoms with Crippen LogP contribution >= 0.6 is 23.1 Å². The fourth-order valence-electron chi connectivity index (χ4n) is 2.27. The van der Waals surface area contributed by atoms with Crippen LogP contribution in [-0.4, -0.2) is 65.0 Å². The maximum absolute atomic E-state index is 11.0. The highest BCUT2D eigenvalue weighted by atomic mass is 32.2. The van der Waals surface area contributed by atoms with Gasteiger partial charge in [-0.2, -0.15) is 0 Å². The van der Waals surface area contributed by atoms with E-state index in [1.165, 1.54) is 23.1 Å². The minimum atomic E-state index is -0.882. The number of hydrogen-bond donors (Lipinski definition) is 1. The van der Waals surface area contributed by atoms with Crippen LogP contribution in [0.4, 0.5) is 0 Å². The summed E-state index contributed by atoms with van der Waals surface area (Å²) in [5, 5.41) is 10.5. The van der Waals surface area contributed by atoms with Crippen molar-refractivity contribution in [2.75, 3.05) is 33.0 Å². The van der Waals surface area contributed by atoms with Crippen molar-refractivity contribution in [2.45, 2.75) is 12.5 Å². The molecule has 2 heterocycles. The van der Waals surface area contributed by atoms with Gasteiger partial charge >= 0.3 is 5.97 Å². The molecule has 3 rings (SSSR count). The van der Waals surface area contributed by atoms with Crippen LogP contribution in [0, 0.1) is 0 Å². The van der Waals surface area contributed by atoms with E-state index in [0.717, 1.165) is 39.0 Å². The Morgan fingerprint density at radius 1 is 1.46 bits per heavy atom. The molecule has 0 unspecified atom stereocenters. The van der Waals surface area contributed by atoms with E-state index in [9.17, 15) is 4.79 Å². The Kier molecular flexibility index (Phi) is 5.37. The molecule has 8 heteroatoms. The average molecular weight is 365 g/mol. The number of aliphatic carboxylic acids is 1. The van der Waals surface area contributed by atoms with Gasteiger partial charge in [-0.1, -0.05) is 0 Å². The molecule has 0 aliphatic carbocycles. The summed E-state index contributed by atoms with van der Waals surface area (Å²) in [6.45, 7) is 1.67. The molecule has 24 heavy (non-hydrogen) atoms. The molecule has 1 aliphatic heterocycles. The lowest BCUT2D eigenvalue weighted by Gasteiger charge is -2.10. The van der Waals surface area contributed by atoms with E-state index in [0.29, 0.717) is 12.4 Å². The number of nitrogens with zero attached hydrogens (tertiary/aromatic N) is 3. The highest BCUT2D eigenvalue weighted by Gasteiger charge is 2.26. The smallest absolute Gasteiger partial charge is 0.329 e. The quantitative estimate of drug-likeness (QED) is 0.760. The molecule has 0 spiro atoms. The summed E-state index contributed by atoms with van der Waals surface area (Å²) in [4.78, 5) is 21.9. The van der Waals surface area contributed by atoms with Gasteiger partial charge in [0.15, 0.2) is 6.04 Å².